The van der Waals surface area contributed by atoms with Gasteiger partial charge in [0, 0.05) is 23.7 Å². The molecule has 38 atom stereocenters. The smallest absolute Gasteiger partial charge is 0.187 e. The largest absolute Gasteiger partial charge is 0.394 e. The molecule has 31 heteroatoms. The number of fused-ring (bicyclic) bond motifs is 5. The number of hydrogen-bond donors (Lipinski definition) is 19. The molecule has 562 valence electrons. The number of rotatable bonds is 22. The summed E-state index contributed by atoms with van der Waals surface area (Å²) in [5.41, 5.74) is -2.42. The third kappa shape index (κ3) is 15.0. The Bertz CT molecular complexity index is 2590. The van der Waals surface area contributed by atoms with Gasteiger partial charge in [-0.2, -0.15) is 0 Å². The number of aliphatic hydroxyl groups excluding tert-OH is 18. The lowest BCUT2D eigenvalue weighted by Crippen LogP contribution is -2.65. The van der Waals surface area contributed by atoms with Gasteiger partial charge in [-0.15, -0.1) is 0 Å². The van der Waals surface area contributed by atoms with Crippen LogP contribution in [0.2, 0.25) is 0 Å². The van der Waals surface area contributed by atoms with Crippen molar-refractivity contribution in [2.45, 2.75) is 322 Å². The second-order valence-electron chi connectivity index (χ2n) is 31.4. The Kier molecular flexibility index (Phi) is 24.6. The molecule has 0 aromatic carbocycles. The van der Waals surface area contributed by atoms with Crippen LogP contribution >= 0.6 is 0 Å². The Morgan fingerprint density at radius 3 is 1.60 bits per heavy atom. The summed E-state index contributed by atoms with van der Waals surface area (Å²) in [6, 6.07) is 0. The maximum atomic E-state index is 12.9. The van der Waals surface area contributed by atoms with Crippen LogP contribution in [-0.2, 0) is 56.8 Å². The molecule has 6 aliphatic heterocycles. The van der Waals surface area contributed by atoms with Crippen LogP contribution < -0.4 is 0 Å². The molecule has 3 unspecified atom stereocenters. The molecule has 0 bridgehead atoms. The van der Waals surface area contributed by atoms with Crippen molar-refractivity contribution in [2.75, 3.05) is 33.0 Å². The zero-order chi connectivity index (χ0) is 71.1. The van der Waals surface area contributed by atoms with Crippen molar-refractivity contribution in [1.82, 2.24) is 0 Å². The molecule has 9 fully saturated rings. The van der Waals surface area contributed by atoms with E-state index in [2.05, 4.69) is 33.8 Å². The molecule has 3 saturated carbocycles. The second-order valence-corrected chi connectivity index (χ2v) is 31.4. The molecule has 0 aromatic rings. The summed E-state index contributed by atoms with van der Waals surface area (Å²) in [5.74, 6) is 0.0495. The Labute approximate surface area is 564 Å². The maximum absolute atomic E-state index is 12.9. The zero-order valence-corrected chi connectivity index (χ0v) is 56.8. The maximum Gasteiger partial charge on any atom is 0.187 e. The van der Waals surface area contributed by atoms with Gasteiger partial charge in [0.25, 0.3) is 0 Å². The van der Waals surface area contributed by atoms with E-state index in [-0.39, 0.29) is 53.8 Å². The summed E-state index contributed by atoms with van der Waals surface area (Å²) in [6.07, 6.45) is -38.1. The zero-order valence-electron chi connectivity index (χ0n) is 56.8. The summed E-state index contributed by atoms with van der Waals surface area (Å²) in [6.45, 7) is 14.8. The average molecular weight is 1400 g/mol. The quantitative estimate of drug-likeness (QED) is 0.0454. The highest BCUT2D eigenvalue weighted by atomic mass is 16.8. The fraction of sp³-hybridized carbons (Fsp3) is 0.970. The van der Waals surface area contributed by atoms with E-state index in [1.54, 1.807) is 13.8 Å². The highest BCUT2D eigenvalue weighted by Gasteiger charge is 2.71. The van der Waals surface area contributed by atoms with Crippen molar-refractivity contribution in [1.29, 1.82) is 0 Å². The third-order valence-corrected chi connectivity index (χ3v) is 24.6. The van der Waals surface area contributed by atoms with Gasteiger partial charge in [-0.05, 0) is 107 Å². The van der Waals surface area contributed by atoms with Crippen molar-refractivity contribution in [2.24, 2.45) is 45.3 Å². The predicted molar refractivity (Wildman–Crippen MR) is 329 cm³/mol. The fourth-order valence-electron chi connectivity index (χ4n) is 18.3. The van der Waals surface area contributed by atoms with Gasteiger partial charge in [0.05, 0.1) is 75.3 Å². The molecule has 0 amide bonds. The van der Waals surface area contributed by atoms with E-state index < -0.39 is 240 Å². The molecule has 4 aliphatic carbocycles. The van der Waals surface area contributed by atoms with E-state index in [0.717, 1.165) is 18.4 Å². The van der Waals surface area contributed by atoms with Crippen LogP contribution in [0.15, 0.2) is 11.6 Å². The van der Waals surface area contributed by atoms with E-state index in [1.807, 2.05) is 13.8 Å². The van der Waals surface area contributed by atoms with Gasteiger partial charge in [0.15, 0.2) is 37.7 Å². The van der Waals surface area contributed by atoms with Crippen molar-refractivity contribution in [3.63, 3.8) is 0 Å². The van der Waals surface area contributed by atoms with Gasteiger partial charge >= 0.3 is 0 Å². The van der Waals surface area contributed by atoms with Crippen LogP contribution in [0.3, 0.4) is 0 Å². The van der Waals surface area contributed by atoms with Crippen molar-refractivity contribution in [3.8, 4) is 0 Å². The molecule has 6 saturated heterocycles. The monoisotopic (exact) mass is 1400 g/mol. The molecule has 0 spiro atoms. The minimum Gasteiger partial charge on any atom is -0.394 e. The Morgan fingerprint density at radius 2 is 1.04 bits per heavy atom. The minimum atomic E-state index is -1.84. The Balaban J connectivity index is 0.788. The van der Waals surface area contributed by atoms with Gasteiger partial charge in [0.1, 0.15) is 116 Å². The minimum absolute atomic E-state index is 0.00385. The van der Waals surface area contributed by atoms with E-state index in [4.69, 9.17) is 56.8 Å². The SMILES string of the molecule is C[C@H](CC[C@@H](O[C@@H]1O[C@H](CO[C@@H]2O[C@H](CO)[C@@H](O)[C@H](O)[C@H]2O)[C@@H](O)[C@H](O)[C@H]1O[C@H]1C[C@@H](O)C[C@@H](CO)O1)C(C)(C)O)C1CC[C@@]2(C)C3CC=C4C(CC[C@H](O[C@@H]5O[C@H](CO[C@H]6O[C@H](CO[C@H]7O[C@@H](C)[C@H](O)[C@@H](O)[C@@H]7O)[C@@H](O)[C@H](O)[C@H]6O)[C@@H](O)[C@H](O)[C@H]5O)C4(C)C)[C@]3(C)[C@H](O)C[C@]12C. The predicted octanol–water partition coefficient (Wildman–Crippen LogP) is -4.50. The average Bonchev–Trinajstić information content (AvgIpc) is 1.65. The van der Waals surface area contributed by atoms with E-state index >= 15 is 0 Å². The van der Waals surface area contributed by atoms with Crippen molar-refractivity contribution >= 4 is 0 Å². The van der Waals surface area contributed by atoms with Crippen LogP contribution in [0.1, 0.15) is 127 Å². The summed E-state index contributed by atoms with van der Waals surface area (Å²) in [5, 5.41) is 207. The first-order chi connectivity index (χ1) is 45.4. The number of hydrogen-bond acceptors (Lipinski definition) is 31. The van der Waals surface area contributed by atoms with Gasteiger partial charge in [-0.1, -0.05) is 53.2 Å². The van der Waals surface area contributed by atoms with Crippen molar-refractivity contribution < 1.29 is 154 Å². The van der Waals surface area contributed by atoms with Gasteiger partial charge in [0.2, 0.25) is 0 Å². The van der Waals surface area contributed by atoms with Crippen LogP contribution in [0.5, 0.6) is 0 Å². The Hall–Kier alpha value is -1.50. The van der Waals surface area contributed by atoms with Gasteiger partial charge in [-0.25, -0.2) is 0 Å². The molecule has 0 aromatic heterocycles. The summed E-state index contributed by atoms with van der Waals surface area (Å²) in [4.78, 5) is 0. The molecule has 6 heterocycles. The van der Waals surface area contributed by atoms with E-state index in [0.29, 0.717) is 32.1 Å². The highest BCUT2D eigenvalue weighted by molar-refractivity contribution is 5.32. The highest BCUT2D eigenvalue weighted by Crippen LogP contribution is 2.75. The first-order valence-electron chi connectivity index (χ1n) is 34.7. The van der Waals surface area contributed by atoms with E-state index in [1.165, 1.54) is 6.92 Å². The fourth-order valence-corrected chi connectivity index (χ4v) is 18.3. The lowest BCUT2D eigenvalue weighted by atomic mass is 9.38. The van der Waals surface area contributed by atoms with Crippen LogP contribution in [0.25, 0.3) is 0 Å². The number of allylic oxidation sites excluding steroid dienone is 1. The molecular weight excluding hydrogens is 1290 g/mol. The summed E-state index contributed by atoms with van der Waals surface area (Å²) >= 11 is 0. The van der Waals surface area contributed by atoms with Crippen molar-refractivity contribution in [3.05, 3.63) is 11.6 Å². The lowest BCUT2D eigenvalue weighted by molar-refractivity contribution is -0.365. The Morgan fingerprint density at radius 1 is 0.536 bits per heavy atom. The van der Waals surface area contributed by atoms with Crippen LogP contribution in [0, 0.1) is 45.3 Å². The molecular formula is C66H112O31. The molecule has 0 radical (unpaired) electrons. The first-order valence-corrected chi connectivity index (χ1v) is 34.7. The molecule has 31 nitrogen and oxygen atoms in total. The van der Waals surface area contributed by atoms with Gasteiger partial charge < -0.3 is 154 Å². The van der Waals surface area contributed by atoms with Crippen LogP contribution in [0.4, 0.5) is 0 Å². The number of ether oxygens (including phenoxy) is 12. The normalized spacial score (nSPS) is 51.8. The van der Waals surface area contributed by atoms with Gasteiger partial charge in [-0.3, -0.25) is 0 Å². The molecule has 19 N–H and O–H groups in total. The third-order valence-electron chi connectivity index (χ3n) is 24.6. The first kappa shape index (κ1) is 78.1. The summed E-state index contributed by atoms with van der Waals surface area (Å²) in [7, 11) is 0. The lowest BCUT2D eigenvalue weighted by Gasteiger charge is -2.67. The molecule has 10 rings (SSSR count). The summed E-state index contributed by atoms with van der Waals surface area (Å²) < 4.78 is 71.8. The molecule has 10 aliphatic rings. The standard InChI is InChI=1S/C66H112O31/c1-26(10-14-40(63(5,6)85)96-61-56(97-41-19-28(69)18-29(21-67)90-41)51(80)46(75)36(94-61)25-87-58-53(82)48(77)43(72)33(22-68)91-58)30-16-17-64(7)37-13-11-31-32(66(37,9)38(70)20-65(30,64)8)12-15-39(62(31,3)4)95-60-55(84)50(79)45(74)35(93-60)24-88-59-54(83)49(78)44(73)34(92-59)23-86-57-52(81)47(76)42(71)27(2)89-57/h11,26-30,32-61,67-85H,10,12-25H2,1-9H3/t26-,27+,28+,29+,30?,32?,33-,34-,35-,36-,37?,38-,39+,40-,41+,42+,43-,44-,45-,46-,47-,48+,49+,50+,51+,52+,53-,54-,55-,56-,57+,58-,59+,60+,61+,64+,65-,66+/m1/s1. The van der Waals surface area contributed by atoms with Crippen LogP contribution in [-0.4, -0.2) is 326 Å². The van der Waals surface area contributed by atoms with E-state index in [9.17, 15) is 97.0 Å². The molecule has 97 heavy (non-hydrogen) atoms. The topological polar surface area (TPSA) is 495 Å². The number of aliphatic hydroxyl groups is 19. The second kappa shape index (κ2) is 30.5.